The summed E-state index contributed by atoms with van der Waals surface area (Å²) in [4.78, 5) is 8.93. The number of hydrogen-bond acceptors (Lipinski definition) is 5. The highest BCUT2D eigenvalue weighted by Crippen LogP contribution is 2.36. The Hall–Kier alpha value is -1.69. The average molecular weight is 351 g/mol. The van der Waals surface area contributed by atoms with Gasteiger partial charge in [-0.05, 0) is 31.0 Å². The lowest BCUT2D eigenvalue weighted by Crippen LogP contribution is -2.34. The molecule has 2 aromatic heterocycles. The molecule has 2 N–H and O–H groups in total. The first-order valence-corrected chi connectivity index (χ1v) is 7.71. The summed E-state index contributed by atoms with van der Waals surface area (Å²) < 4.78 is 5.45. The second-order valence-electron chi connectivity index (χ2n) is 5.81. The maximum absolute atomic E-state index is 6.39. The molecule has 3 aromatic rings. The van der Waals surface area contributed by atoms with Crippen molar-refractivity contribution in [2.75, 3.05) is 0 Å². The number of nitrogens with two attached hydrogens (primary N) is 1. The molecule has 0 radical (unpaired) electrons. The average Bonchev–Trinajstić information content (AvgIpc) is 3.16. The van der Waals surface area contributed by atoms with Crippen LogP contribution in [0, 0.1) is 0 Å². The Morgan fingerprint density at radius 1 is 1.22 bits per heavy atom. The Labute approximate surface area is 144 Å². The number of nitrogens with zero attached hydrogens (tertiary/aromatic N) is 3. The summed E-state index contributed by atoms with van der Waals surface area (Å²) in [6.45, 7) is 0. The normalized spacial score (nSPS) is 16.4. The molecule has 0 amide bonds. The standard InChI is InChI=1S/C16H15ClN4O.ClH/c17-11-8-10-4-3-7-19-13(10)12(9-11)14-20-15(21-22-14)16(18)5-1-2-6-16;/h3-4,7-9H,1-2,5-6,18H2;1H. The van der Waals surface area contributed by atoms with Crippen molar-refractivity contribution in [3.63, 3.8) is 0 Å². The Balaban J connectivity index is 0.00000156. The molecule has 0 unspecified atom stereocenters. The Bertz CT molecular complexity index is 843. The van der Waals surface area contributed by atoms with Crippen LogP contribution in [0.25, 0.3) is 22.4 Å². The molecule has 0 spiro atoms. The lowest BCUT2D eigenvalue weighted by molar-refractivity contribution is 0.373. The van der Waals surface area contributed by atoms with Crippen molar-refractivity contribution in [3.05, 3.63) is 41.3 Å². The zero-order chi connectivity index (χ0) is 15.2. The van der Waals surface area contributed by atoms with Gasteiger partial charge in [0.05, 0.1) is 16.6 Å². The van der Waals surface area contributed by atoms with Crippen LogP contribution < -0.4 is 5.73 Å². The third-order valence-corrected chi connectivity index (χ3v) is 4.49. The van der Waals surface area contributed by atoms with E-state index in [1.807, 2.05) is 18.2 Å². The van der Waals surface area contributed by atoms with E-state index in [4.69, 9.17) is 21.9 Å². The molecule has 0 aliphatic heterocycles. The van der Waals surface area contributed by atoms with Crippen molar-refractivity contribution in [2.24, 2.45) is 5.73 Å². The minimum absolute atomic E-state index is 0. The molecule has 1 aliphatic carbocycles. The van der Waals surface area contributed by atoms with Gasteiger partial charge in [-0.25, -0.2) is 0 Å². The predicted molar refractivity (Wildman–Crippen MR) is 91.6 cm³/mol. The molecule has 1 aliphatic rings. The minimum Gasteiger partial charge on any atom is -0.334 e. The van der Waals surface area contributed by atoms with Gasteiger partial charge in [-0.3, -0.25) is 4.98 Å². The monoisotopic (exact) mass is 350 g/mol. The molecule has 1 aromatic carbocycles. The summed E-state index contributed by atoms with van der Waals surface area (Å²) >= 11 is 6.19. The molecule has 4 rings (SSSR count). The lowest BCUT2D eigenvalue weighted by atomic mass is 9.98. The topological polar surface area (TPSA) is 77.8 Å². The molecule has 2 heterocycles. The highest BCUT2D eigenvalue weighted by Gasteiger charge is 2.36. The number of halogens is 2. The maximum atomic E-state index is 6.39. The van der Waals surface area contributed by atoms with Crippen molar-refractivity contribution < 1.29 is 4.52 Å². The number of rotatable bonds is 2. The van der Waals surface area contributed by atoms with Crippen LogP contribution >= 0.6 is 24.0 Å². The molecule has 120 valence electrons. The third kappa shape index (κ3) is 2.80. The largest absolute Gasteiger partial charge is 0.334 e. The van der Waals surface area contributed by atoms with E-state index in [0.717, 1.165) is 42.1 Å². The van der Waals surface area contributed by atoms with Crippen LogP contribution in [0.4, 0.5) is 0 Å². The molecule has 0 atom stereocenters. The smallest absolute Gasteiger partial charge is 0.260 e. The number of pyridine rings is 1. The third-order valence-electron chi connectivity index (χ3n) is 4.27. The van der Waals surface area contributed by atoms with Crippen LogP contribution in [-0.4, -0.2) is 15.1 Å². The van der Waals surface area contributed by atoms with E-state index in [1.165, 1.54) is 0 Å². The molecule has 23 heavy (non-hydrogen) atoms. The summed E-state index contributed by atoms with van der Waals surface area (Å²) in [6.07, 6.45) is 5.71. The van der Waals surface area contributed by atoms with Gasteiger partial charge in [-0.1, -0.05) is 35.7 Å². The van der Waals surface area contributed by atoms with E-state index >= 15 is 0 Å². The fourth-order valence-electron chi connectivity index (χ4n) is 3.08. The van der Waals surface area contributed by atoms with E-state index in [-0.39, 0.29) is 12.4 Å². The summed E-state index contributed by atoms with van der Waals surface area (Å²) in [7, 11) is 0. The van der Waals surface area contributed by atoms with Gasteiger partial charge in [0.2, 0.25) is 0 Å². The molecule has 0 bridgehead atoms. The van der Waals surface area contributed by atoms with E-state index in [0.29, 0.717) is 16.7 Å². The Morgan fingerprint density at radius 2 is 2.00 bits per heavy atom. The second-order valence-corrected chi connectivity index (χ2v) is 6.25. The van der Waals surface area contributed by atoms with Gasteiger partial charge >= 0.3 is 0 Å². The van der Waals surface area contributed by atoms with Gasteiger partial charge < -0.3 is 10.3 Å². The van der Waals surface area contributed by atoms with Gasteiger partial charge in [-0.15, -0.1) is 12.4 Å². The molecule has 1 saturated carbocycles. The second kappa shape index (κ2) is 6.07. The Kier molecular flexibility index (Phi) is 4.27. The van der Waals surface area contributed by atoms with E-state index in [9.17, 15) is 0 Å². The molecule has 7 heteroatoms. The van der Waals surface area contributed by atoms with Crippen LogP contribution in [-0.2, 0) is 5.54 Å². The minimum atomic E-state index is -0.469. The van der Waals surface area contributed by atoms with Gasteiger partial charge in [0.15, 0.2) is 5.82 Å². The van der Waals surface area contributed by atoms with Crippen molar-refractivity contribution in [1.29, 1.82) is 0 Å². The van der Waals surface area contributed by atoms with Crippen LogP contribution in [0.1, 0.15) is 31.5 Å². The first-order chi connectivity index (χ1) is 10.7. The molecular weight excluding hydrogens is 335 g/mol. The quantitative estimate of drug-likeness (QED) is 0.752. The van der Waals surface area contributed by atoms with Crippen LogP contribution in [0.2, 0.25) is 5.02 Å². The van der Waals surface area contributed by atoms with Crippen molar-refractivity contribution in [3.8, 4) is 11.5 Å². The molecular formula is C16H16Cl2N4O. The van der Waals surface area contributed by atoms with Crippen LogP contribution in [0.3, 0.4) is 0 Å². The number of benzene rings is 1. The van der Waals surface area contributed by atoms with E-state index < -0.39 is 5.54 Å². The number of aromatic nitrogens is 3. The van der Waals surface area contributed by atoms with Gasteiger partial charge in [0.25, 0.3) is 5.89 Å². The van der Waals surface area contributed by atoms with Crippen molar-refractivity contribution in [2.45, 2.75) is 31.2 Å². The zero-order valence-electron chi connectivity index (χ0n) is 12.3. The van der Waals surface area contributed by atoms with Crippen LogP contribution in [0.5, 0.6) is 0 Å². The van der Waals surface area contributed by atoms with Gasteiger partial charge in [-0.2, -0.15) is 4.98 Å². The summed E-state index contributed by atoms with van der Waals surface area (Å²) in [5.41, 5.74) is 7.45. The lowest BCUT2D eigenvalue weighted by Gasteiger charge is -2.17. The van der Waals surface area contributed by atoms with Gasteiger partial charge in [0.1, 0.15) is 0 Å². The molecule has 1 fully saturated rings. The van der Waals surface area contributed by atoms with Crippen molar-refractivity contribution >= 4 is 34.9 Å². The number of fused-ring (bicyclic) bond motifs is 1. The summed E-state index contributed by atoms with van der Waals surface area (Å²) in [6, 6.07) is 7.49. The molecule has 5 nitrogen and oxygen atoms in total. The fourth-order valence-corrected chi connectivity index (χ4v) is 3.31. The molecule has 0 saturated heterocycles. The first kappa shape index (κ1) is 16.2. The summed E-state index contributed by atoms with van der Waals surface area (Å²) in [5.74, 6) is 0.988. The van der Waals surface area contributed by atoms with Gasteiger partial charge in [0, 0.05) is 16.6 Å². The van der Waals surface area contributed by atoms with E-state index in [2.05, 4.69) is 15.1 Å². The highest BCUT2D eigenvalue weighted by molar-refractivity contribution is 6.31. The van der Waals surface area contributed by atoms with Crippen LogP contribution in [0.15, 0.2) is 35.0 Å². The number of hydrogen-bond donors (Lipinski definition) is 1. The SMILES string of the molecule is Cl.NC1(c2noc(-c3cc(Cl)cc4cccnc34)n2)CCCC1. The fraction of sp³-hybridized carbons (Fsp3) is 0.312. The van der Waals surface area contributed by atoms with E-state index in [1.54, 1.807) is 12.3 Å². The maximum Gasteiger partial charge on any atom is 0.260 e. The first-order valence-electron chi connectivity index (χ1n) is 7.33. The van der Waals surface area contributed by atoms with Crippen molar-refractivity contribution in [1.82, 2.24) is 15.1 Å². The summed E-state index contributed by atoms with van der Waals surface area (Å²) in [5, 5.41) is 5.65. The predicted octanol–water partition coefficient (Wildman–Crippen LogP) is 4.09. The Morgan fingerprint density at radius 3 is 2.78 bits per heavy atom. The zero-order valence-corrected chi connectivity index (χ0v) is 13.9. The highest BCUT2D eigenvalue weighted by atomic mass is 35.5.